The number of piperidine rings is 1. The average molecular weight is 397 g/mol. The fourth-order valence-electron chi connectivity index (χ4n) is 4.10. The summed E-state index contributed by atoms with van der Waals surface area (Å²) in [5.41, 5.74) is 2.59. The number of carbonyl (C=O) groups is 1. The molecule has 150 valence electrons. The molecule has 2 N–H and O–H groups in total. The van der Waals surface area contributed by atoms with Gasteiger partial charge in [0.15, 0.2) is 5.82 Å². The van der Waals surface area contributed by atoms with Gasteiger partial charge in [-0.05, 0) is 29.9 Å². The first-order valence-corrected chi connectivity index (χ1v) is 10.3. The number of amides is 1. The van der Waals surface area contributed by atoms with Gasteiger partial charge in [0.05, 0.1) is 5.69 Å². The molecule has 0 radical (unpaired) electrons. The van der Waals surface area contributed by atoms with Crippen LogP contribution in [0.15, 0.2) is 72.9 Å². The van der Waals surface area contributed by atoms with Gasteiger partial charge in [0, 0.05) is 36.8 Å². The molecule has 1 aliphatic heterocycles. The molecule has 4 aromatic rings. The zero-order valence-electron chi connectivity index (χ0n) is 16.6. The topological polar surface area (TPSA) is 73.9 Å². The van der Waals surface area contributed by atoms with Crippen molar-refractivity contribution in [2.75, 3.05) is 18.0 Å². The van der Waals surface area contributed by atoms with Crippen molar-refractivity contribution >= 4 is 22.5 Å². The number of hydrogen-bond donors (Lipinski definition) is 2. The predicted molar refractivity (Wildman–Crippen MR) is 118 cm³/mol. The second kappa shape index (κ2) is 7.99. The number of pyridine rings is 1. The standard InChI is InChI=1S/C24H23N5O/c30-24(23-20-11-5-4-7-17(20)12-13-25-23)26-19-10-6-14-29(16-19)22-15-21(27-28-22)18-8-2-1-3-9-18/h1-5,7-9,11-13,15,19H,6,10,14,16H2,(H,26,30)(H,27,28)/t19-/m0/s1. The van der Waals surface area contributed by atoms with E-state index >= 15 is 0 Å². The molecule has 0 spiro atoms. The maximum absolute atomic E-state index is 12.9. The van der Waals surface area contributed by atoms with Crippen molar-refractivity contribution < 1.29 is 4.79 Å². The number of anilines is 1. The number of fused-ring (bicyclic) bond motifs is 1. The van der Waals surface area contributed by atoms with Crippen LogP contribution < -0.4 is 10.2 Å². The van der Waals surface area contributed by atoms with Gasteiger partial charge < -0.3 is 10.2 Å². The van der Waals surface area contributed by atoms with Crippen LogP contribution in [-0.4, -0.2) is 40.2 Å². The summed E-state index contributed by atoms with van der Waals surface area (Å²) in [6.45, 7) is 1.66. The maximum atomic E-state index is 12.9. The van der Waals surface area contributed by atoms with E-state index in [1.807, 2.05) is 48.5 Å². The summed E-state index contributed by atoms with van der Waals surface area (Å²) < 4.78 is 0. The Morgan fingerprint density at radius 1 is 1.07 bits per heavy atom. The van der Waals surface area contributed by atoms with Gasteiger partial charge in [-0.3, -0.25) is 14.9 Å². The van der Waals surface area contributed by atoms with Crippen molar-refractivity contribution in [2.45, 2.75) is 18.9 Å². The molecule has 1 fully saturated rings. The summed E-state index contributed by atoms with van der Waals surface area (Å²) in [6.07, 6.45) is 3.64. The van der Waals surface area contributed by atoms with Crippen LogP contribution in [0.25, 0.3) is 22.0 Å². The first-order chi connectivity index (χ1) is 14.8. The van der Waals surface area contributed by atoms with Crippen LogP contribution in [0, 0.1) is 0 Å². The highest BCUT2D eigenvalue weighted by molar-refractivity contribution is 6.05. The highest BCUT2D eigenvalue weighted by Crippen LogP contribution is 2.24. The van der Waals surface area contributed by atoms with E-state index < -0.39 is 0 Å². The van der Waals surface area contributed by atoms with E-state index in [0.717, 1.165) is 53.8 Å². The Morgan fingerprint density at radius 3 is 2.80 bits per heavy atom. The number of aromatic amines is 1. The Morgan fingerprint density at radius 2 is 1.90 bits per heavy atom. The third-order valence-electron chi connectivity index (χ3n) is 5.62. The molecule has 0 aliphatic carbocycles. The highest BCUT2D eigenvalue weighted by Gasteiger charge is 2.24. The number of carbonyl (C=O) groups excluding carboxylic acids is 1. The van der Waals surface area contributed by atoms with Crippen LogP contribution in [0.5, 0.6) is 0 Å². The number of H-pyrrole nitrogens is 1. The van der Waals surface area contributed by atoms with E-state index in [-0.39, 0.29) is 11.9 Å². The summed E-state index contributed by atoms with van der Waals surface area (Å²) in [5, 5.41) is 12.7. The zero-order chi connectivity index (χ0) is 20.3. The zero-order valence-corrected chi connectivity index (χ0v) is 16.6. The monoisotopic (exact) mass is 397 g/mol. The molecule has 6 nitrogen and oxygen atoms in total. The smallest absolute Gasteiger partial charge is 0.270 e. The Kier molecular flexibility index (Phi) is 4.89. The molecule has 2 aromatic heterocycles. The van der Waals surface area contributed by atoms with Gasteiger partial charge >= 0.3 is 0 Å². The lowest BCUT2D eigenvalue weighted by atomic mass is 10.0. The first-order valence-electron chi connectivity index (χ1n) is 10.3. The van der Waals surface area contributed by atoms with Crippen molar-refractivity contribution in [3.05, 3.63) is 78.6 Å². The molecule has 30 heavy (non-hydrogen) atoms. The van der Waals surface area contributed by atoms with Gasteiger partial charge in [0.2, 0.25) is 0 Å². The number of rotatable bonds is 4. The van der Waals surface area contributed by atoms with Crippen molar-refractivity contribution in [2.24, 2.45) is 0 Å². The fourth-order valence-corrected chi connectivity index (χ4v) is 4.10. The SMILES string of the molecule is O=C(N[C@H]1CCCN(c2cc(-c3ccccc3)[nH]n2)C1)c1nccc2ccccc12. The Hall–Kier alpha value is -3.67. The first kappa shape index (κ1) is 18.4. The minimum atomic E-state index is -0.120. The van der Waals surface area contributed by atoms with Crippen LogP contribution >= 0.6 is 0 Å². The second-order valence-electron chi connectivity index (χ2n) is 7.65. The van der Waals surface area contributed by atoms with Gasteiger partial charge in [-0.2, -0.15) is 5.10 Å². The van der Waals surface area contributed by atoms with Gasteiger partial charge in [0.25, 0.3) is 5.91 Å². The molecule has 0 bridgehead atoms. The van der Waals surface area contributed by atoms with Crippen LogP contribution in [0.2, 0.25) is 0 Å². The third-order valence-corrected chi connectivity index (χ3v) is 5.62. The van der Waals surface area contributed by atoms with Crippen LogP contribution in [-0.2, 0) is 0 Å². The average Bonchev–Trinajstić information content (AvgIpc) is 3.30. The van der Waals surface area contributed by atoms with E-state index in [1.54, 1.807) is 6.20 Å². The van der Waals surface area contributed by atoms with Gasteiger partial charge in [-0.25, -0.2) is 0 Å². The van der Waals surface area contributed by atoms with E-state index in [9.17, 15) is 4.79 Å². The predicted octanol–water partition coefficient (Wildman–Crippen LogP) is 4.02. The second-order valence-corrected chi connectivity index (χ2v) is 7.65. The number of benzene rings is 2. The van der Waals surface area contributed by atoms with Crippen LogP contribution in [0.3, 0.4) is 0 Å². The molecular formula is C24H23N5O. The maximum Gasteiger partial charge on any atom is 0.270 e. The summed E-state index contributed by atoms with van der Waals surface area (Å²) in [5.74, 6) is 0.793. The molecule has 1 amide bonds. The molecule has 6 heteroatoms. The Labute approximate surface area is 174 Å². The van der Waals surface area contributed by atoms with Gasteiger partial charge in [0.1, 0.15) is 5.69 Å². The lowest BCUT2D eigenvalue weighted by Gasteiger charge is -2.33. The third kappa shape index (κ3) is 3.64. The minimum Gasteiger partial charge on any atom is -0.353 e. The molecule has 1 aliphatic rings. The Balaban J connectivity index is 1.30. The summed E-state index contributed by atoms with van der Waals surface area (Å²) in [7, 11) is 0. The van der Waals surface area contributed by atoms with Gasteiger partial charge in [-0.15, -0.1) is 0 Å². The minimum absolute atomic E-state index is 0.0592. The molecule has 2 aromatic carbocycles. The van der Waals surface area contributed by atoms with Crippen LogP contribution in [0.1, 0.15) is 23.3 Å². The molecule has 1 atom stereocenters. The van der Waals surface area contributed by atoms with E-state index in [0.29, 0.717) is 5.69 Å². The van der Waals surface area contributed by atoms with Crippen molar-refractivity contribution in [1.29, 1.82) is 0 Å². The number of aromatic nitrogens is 3. The molecular weight excluding hydrogens is 374 g/mol. The highest BCUT2D eigenvalue weighted by atomic mass is 16.2. The largest absolute Gasteiger partial charge is 0.353 e. The van der Waals surface area contributed by atoms with E-state index in [1.165, 1.54) is 0 Å². The van der Waals surface area contributed by atoms with E-state index in [4.69, 9.17) is 0 Å². The molecule has 3 heterocycles. The molecule has 1 saturated heterocycles. The molecule has 0 unspecified atom stereocenters. The van der Waals surface area contributed by atoms with Crippen molar-refractivity contribution in [1.82, 2.24) is 20.5 Å². The quantitative estimate of drug-likeness (QED) is 0.545. The van der Waals surface area contributed by atoms with Crippen molar-refractivity contribution in [3.63, 3.8) is 0 Å². The van der Waals surface area contributed by atoms with Crippen molar-refractivity contribution in [3.8, 4) is 11.3 Å². The van der Waals surface area contributed by atoms with E-state index in [2.05, 4.69) is 43.6 Å². The number of nitrogens with one attached hydrogen (secondary N) is 2. The summed E-state index contributed by atoms with van der Waals surface area (Å²) >= 11 is 0. The lowest BCUT2D eigenvalue weighted by molar-refractivity contribution is 0.0930. The molecule has 5 rings (SSSR count). The molecule has 0 saturated carbocycles. The fraction of sp³-hybridized carbons (Fsp3) is 0.208. The van der Waals surface area contributed by atoms with Crippen LogP contribution in [0.4, 0.5) is 5.82 Å². The lowest BCUT2D eigenvalue weighted by Crippen LogP contribution is -2.48. The number of hydrogen-bond acceptors (Lipinski definition) is 4. The normalized spacial score (nSPS) is 16.5. The Bertz CT molecular complexity index is 1170. The summed E-state index contributed by atoms with van der Waals surface area (Å²) in [4.78, 5) is 19.5. The number of nitrogens with zero attached hydrogens (tertiary/aromatic N) is 3. The van der Waals surface area contributed by atoms with Gasteiger partial charge in [-0.1, -0.05) is 54.6 Å². The summed E-state index contributed by atoms with van der Waals surface area (Å²) in [6, 6.07) is 22.1.